The molecular formula is C24H26FN5O4S2. The molecule has 0 saturated carbocycles. The molecule has 3 aromatic heterocycles. The molecule has 1 aliphatic heterocycles. The van der Waals surface area contributed by atoms with Crippen LogP contribution in [-0.4, -0.2) is 54.4 Å². The molecule has 1 saturated heterocycles. The van der Waals surface area contributed by atoms with Gasteiger partial charge in [0, 0.05) is 23.9 Å². The molecule has 0 radical (unpaired) electrons. The first-order valence-electron chi connectivity index (χ1n) is 11.7. The molecular weight excluding hydrogens is 505 g/mol. The third kappa shape index (κ3) is 5.49. The van der Waals surface area contributed by atoms with E-state index >= 15 is 0 Å². The lowest BCUT2D eigenvalue weighted by Crippen LogP contribution is -2.44. The number of thiazole rings is 1. The minimum atomic E-state index is -2.46. The van der Waals surface area contributed by atoms with E-state index in [0.29, 0.717) is 35.5 Å². The fourth-order valence-corrected chi connectivity index (χ4v) is 5.34. The smallest absolute Gasteiger partial charge is 0.324 e. The van der Waals surface area contributed by atoms with Crippen molar-refractivity contribution in [2.24, 2.45) is 5.92 Å². The van der Waals surface area contributed by atoms with Gasteiger partial charge in [0.1, 0.15) is 27.2 Å². The number of nitrogens with zero attached hydrogens (tertiary/aromatic N) is 5. The second-order valence-corrected chi connectivity index (χ2v) is 11.0. The van der Waals surface area contributed by atoms with Gasteiger partial charge < -0.3 is 14.2 Å². The summed E-state index contributed by atoms with van der Waals surface area (Å²) in [4.78, 5) is 16.0. The summed E-state index contributed by atoms with van der Waals surface area (Å²) in [5.41, 5.74) is 3.08. The van der Waals surface area contributed by atoms with Crippen molar-refractivity contribution in [2.75, 3.05) is 24.6 Å². The molecule has 0 spiro atoms. The molecule has 0 bridgehead atoms. The third-order valence-electron chi connectivity index (χ3n) is 6.11. The maximum absolute atomic E-state index is 14.9. The Labute approximate surface area is 213 Å². The Balaban J connectivity index is 1.20. The van der Waals surface area contributed by atoms with Crippen molar-refractivity contribution in [2.45, 2.75) is 38.1 Å². The Hall–Kier alpha value is -3.12. The fourth-order valence-electron chi connectivity index (χ4n) is 4.03. The molecule has 5 rings (SSSR count). The molecule has 9 nitrogen and oxygen atoms in total. The van der Waals surface area contributed by atoms with Crippen LogP contribution in [0.4, 0.5) is 10.4 Å². The van der Waals surface area contributed by atoms with Crippen molar-refractivity contribution in [3.05, 3.63) is 47.8 Å². The molecule has 1 fully saturated rings. The van der Waals surface area contributed by atoms with Crippen LogP contribution < -0.4 is 9.64 Å². The van der Waals surface area contributed by atoms with Gasteiger partial charge in [-0.25, -0.2) is 22.8 Å². The van der Waals surface area contributed by atoms with Crippen molar-refractivity contribution in [1.82, 2.24) is 20.1 Å². The topological polar surface area (TPSA) is 111 Å². The lowest BCUT2D eigenvalue weighted by Gasteiger charge is -2.32. The van der Waals surface area contributed by atoms with E-state index in [9.17, 15) is 12.8 Å². The standard InChI is InChI=1S/C24H26FN5O4S2/c1-14(2)21-28-23(34-29-21)30-10-9-17(18(25)11-30)12-33-24-27-20-8-7-19(26-22(20)35-24)16-5-3-15(4-6-16)13-36(31)32/h3-8,14,17-18,36H,9-13H2,1-2H3/t17-,18-/m0/s1. The molecule has 0 aliphatic carbocycles. The van der Waals surface area contributed by atoms with Crippen LogP contribution in [0.1, 0.15) is 37.6 Å². The molecule has 4 heterocycles. The van der Waals surface area contributed by atoms with Crippen LogP contribution in [-0.2, 0) is 16.5 Å². The lowest BCUT2D eigenvalue weighted by atomic mass is 9.96. The summed E-state index contributed by atoms with van der Waals surface area (Å²) in [5, 5.41) is 4.42. The van der Waals surface area contributed by atoms with E-state index in [1.165, 1.54) is 11.3 Å². The summed E-state index contributed by atoms with van der Waals surface area (Å²) in [6.07, 6.45) is -0.486. The van der Waals surface area contributed by atoms with Gasteiger partial charge in [-0.3, -0.25) is 0 Å². The second kappa shape index (κ2) is 10.5. The molecule has 36 heavy (non-hydrogen) atoms. The largest absolute Gasteiger partial charge is 0.470 e. The summed E-state index contributed by atoms with van der Waals surface area (Å²) < 4.78 is 47.9. The monoisotopic (exact) mass is 531 g/mol. The van der Waals surface area contributed by atoms with E-state index in [1.54, 1.807) is 17.0 Å². The number of aromatic nitrogens is 4. The SMILES string of the molecule is CC(C)c1noc(N2CC[C@@H](COc3nc4ccc(-c5ccc(C[SH](=O)=O)cc5)nc4s3)[C@@H](F)C2)n1. The normalized spacial score (nSPS) is 18.4. The van der Waals surface area contributed by atoms with Crippen LogP contribution in [0, 0.1) is 5.92 Å². The van der Waals surface area contributed by atoms with E-state index in [1.807, 2.05) is 38.1 Å². The highest BCUT2D eigenvalue weighted by atomic mass is 32.2. The first-order chi connectivity index (χ1) is 17.4. The zero-order valence-electron chi connectivity index (χ0n) is 19.8. The van der Waals surface area contributed by atoms with Gasteiger partial charge in [0.2, 0.25) is 0 Å². The number of pyridine rings is 1. The number of benzene rings is 1. The molecule has 4 aromatic rings. The van der Waals surface area contributed by atoms with E-state index < -0.39 is 16.9 Å². The van der Waals surface area contributed by atoms with Crippen LogP contribution in [0.25, 0.3) is 21.6 Å². The number of hydrogen-bond donors (Lipinski definition) is 1. The van der Waals surface area contributed by atoms with Crippen LogP contribution in [0.5, 0.6) is 5.19 Å². The number of rotatable bonds is 8. The van der Waals surface area contributed by atoms with E-state index in [2.05, 4.69) is 20.1 Å². The first-order valence-corrected chi connectivity index (χ1v) is 13.9. The molecule has 1 aromatic carbocycles. The number of piperidine rings is 1. The van der Waals surface area contributed by atoms with Crippen LogP contribution >= 0.6 is 11.3 Å². The van der Waals surface area contributed by atoms with E-state index in [-0.39, 0.29) is 30.7 Å². The predicted molar refractivity (Wildman–Crippen MR) is 136 cm³/mol. The van der Waals surface area contributed by atoms with Gasteiger partial charge in [-0.1, -0.05) is 54.6 Å². The highest BCUT2D eigenvalue weighted by Gasteiger charge is 2.32. The molecule has 12 heteroatoms. The van der Waals surface area contributed by atoms with Crippen molar-refractivity contribution < 1.29 is 22.1 Å². The number of thiol groups is 1. The Morgan fingerprint density at radius 3 is 2.67 bits per heavy atom. The number of anilines is 1. The van der Waals surface area contributed by atoms with Crippen LogP contribution in [0.15, 0.2) is 40.9 Å². The Bertz CT molecular complexity index is 1410. The minimum absolute atomic E-state index is 0.0202. The summed E-state index contributed by atoms with van der Waals surface area (Å²) in [6, 6.07) is 11.4. The Morgan fingerprint density at radius 2 is 1.97 bits per heavy atom. The van der Waals surface area contributed by atoms with Gasteiger partial charge in [-0.2, -0.15) is 4.98 Å². The summed E-state index contributed by atoms with van der Waals surface area (Å²) >= 11 is 1.32. The molecule has 190 valence electrons. The minimum Gasteiger partial charge on any atom is -0.470 e. The van der Waals surface area contributed by atoms with Gasteiger partial charge in [0.25, 0.3) is 5.19 Å². The zero-order chi connectivity index (χ0) is 25.2. The van der Waals surface area contributed by atoms with Crippen molar-refractivity contribution in [3.8, 4) is 16.5 Å². The first kappa shape index (κ1) is 24.6. The average Bonchev–Trinajstić information content (AvgIpc) is 3.50. The summed E-state index contributed by atoms with van der Waals surface area (Å²) in [7, 11) is -2.46. The Kier molecular flexibility index (Phi) is 7.15. The van der Waals surface area contributed by atoms with Gasteiger partial charge in [-0.05, 0) is 24.1 Å². The van der Waals surface area contributed by atoms with Crippen molar-refractivity contribution in [3.63, 3.8) is 0 Å². The summed E-state index contributed by atoms with van der Waals surface area (Å²) in [5.74, 6) is 0.532. The van der Waals surface area contributed by atoms with Gasteiger partial charge in [-0.15, -0.1) is 0 Å². The number of ether oxygens (including phenoxy) is 1. The maximum atomic E-state index is 14.9. The van der Waals surface area contributed by atoms with Crippen molar-refractivity contribution in [1.29, 1.82) is 0 Å². The third-order valence-corrected chi connectivity index (χ3v) is 7.61. The molecule has 0 unspecified atom stereocenters. The van der Waals surface area contributed by atoms with Crippen molar-refractivity contribution >= 4 is 38.4 Å². The number of fused-ring (bicyclic) bond motifs is 1. The predicted octanol–water partition coefficient (Wildman–Crippen LogP) is 4.22. The quantitative estimate of drug-likeness (QED) is 0.334. The Morgan fingerprint density at radius 1 is 1.17 bits per heavy atom. The van der Waals surface area contributed by atoms with Gasteiger partial charge >= 0.3 is 6.01 Å². The highest BCUT2D eigenvalue weighted by Crippen LogP contribution is 2.31. The van der Waals surface area contributed by atoms with Crippen LogP contribution in [0.2, 0.25) is 0 Å². The van der Waals surface area contributed by atoms with Gasteiger partial charge in [0.05, 0.1) is 24.6 Å². The average molecular weight is 532 g/mol. The second-order valence-electron chi connectivity index (χ2n) is 9.10. The number of halogens is 1. The lowest BCUT2D eigenvalue weighted by molar-refractivity contribution is 0.130. The molecule has 0 N–H and O–H groups in total. The highest BCUT2D eigenvalue weighted by molar-refractivity contribution is 7.71. The molecule has 0 amide bonds. The molecule has 1 aliphatic rings. The van der Waals surface area contributed by atoms with E-state index in [4.69, 9.17) is 9.26 Å². The fraction of sp³-hybridized carbons (Fsp3) is 0.417. The maximum Gasteiger partial charge on any atom is 0.324 e. The molecule has 2 atom stereocenters. The van der Waals surface area contributed by atoms with Gasteiger partial charge in [0.15, 0.2) is 5.82 Å². The summed E-state index contributed by atoms with van der Waals surface area (Å²) in [6.45, 7) is 4.99. The number of alkyl halides is 1. The van der Waals surface area contributed by atoms with E-state index in [0.717, 1.165) is 21.7 Å². The number of hydrogen-bond acceptors (Lipinski definition) is 10. The zero-order valence-corrected chi connectivity index (χ0v) is 21.5. The van der Waals surface area contributed by atoms with Crippen LogP contribution in [0.3, 0.4) is 0 Å².